The van der Waals surface area contributed by atoms with Crippen LogP contribution in [-0.4, -0.2) is 47.1 Å². The summed E-state index contributed by atoms with van der Waals surface area (Å²) in [6.07, 6.45) is 4.48. The highest BCUT2D eigenvalue weighted by Gasteiger charge is 2.27. The Labute approximate surface area is 261 Å². The molecule has 0 aliphatic rings. The van der Waals surface area contributed by atoms with Crippen LogP contribution in [-0.2, 0) is 15.4 Å². The molecule has 12 heteroatoms. The van der Waals surface area contributed by atoms with E-state index in [2.05, 4.69) is 41.5 Å². The lowest BCUT2D eigenvalue weighted by molar-refractivity contribution is 0.324. The number of benzene rings is 2. The smallest absolute Gasteiger partial charge is 0.280 e. The first-order chi connectivity index (χ1) is 21.6. The van der Waals surface area contributed by atoms with Gasteiger partial charge in [0.05, 0.1) is 7.11 Å². The molecule has 1 N–H and O–H groups in total. The van der Waals surface area contributed by atoms with Gasteiger partial charge in [0, 0.05) is 24.2 Å². The highest BCUT2D eigenvalue weighted by Crippen LogP contribution is 2.41. The molecule has 0 saturated heterocycles. The number of hydrogen-bond acceptors (Lipinski definition) is 10. The third-order valence-electron chi connectivity index (χ3n) is 6.28. The number of nitrogens with zero attached hydrogens (tertiary/aromatic N) is 5. The van der Waals surface area contributed by atoms with E-state index in [1.165, 1.54) is 31.8 Å². The topological polar surface area (TPSA) is 138 Å². The van der Waals surface area contributed by atoms with Gasteiger partial charge in [-0.2, -0.15) is 13.4 Å². The minimum absolute atomic E-state index is 0.0110. The number of anilines is 1. The number of sulfonamides is 1. The van der Waals surface area contributed by atoms with E-state index in [1.807, 2.05) is 51.1 Å². The standard InChI is InChI=1S/C33H30N6O5S/c1-33(2,3)24-17-20-34-27(22-24)45(40,41)39-29-28(44-26-16-9-8-15-25(26)42-4)32(38-31(37-29)30-35-18-11-19-36-30)43-21-10-14-23-12-6-5-7-13-23/h5-9,11-13,15-20,22H,21H2,1-4H3,(H,37,38,39). The lowest BCUT2D eigenvalue weighted by atomic mass is 9.88. The predicted octanol–water partition coefficient (Wildman–Crippen LogP) is 5.66. The average molecular weight is 623 g/mol. The number of hydrogen-bond donors (Lipinski definition) is 1. The van der Waals surface area contributed by atoms with E-state index in [1.54, 1.807) is 36.4 Å². The van der Waals surface area contributed by atoms with E-state index in [4.69, 9.17) is 14.2 Å². The van der Waals surface area contributed by atoms with E-state index < -0.39 is 10.0 Å². The molecule has 0 fully saturated rings. The molecule has 0 aliphatic carbocycles. The minimum Gasteiger partial charge on any atom is -0.493 e. The molecule has 3 aromatic heterocycles. The van der Waals surface area contributed by atoms with Crippen LogP contribution in [0.25, 0.3) is 11.6 Å². The fraction of sp³-hybridized carbons (Fsp3) is 0.182. The van der Waals surface area contributed by atoms with Crippen molar-refractivity contribution in [2.24, 2.45) is 0 Å². The Morgan fingerprint density at radius 1 is 0.822 bits per heavy atom. The zero-order chi connectivity index (χ0) is 31.9. The second kappa shape index (κ2) is 13.4. The second-order valence-corrected chi connectivity index (χ2v) is 12.2. The first-order valence-corrected chi connectivity index (χ1v) is 15.3. The first kappa shape index (κ1) is 30.9. The Bertz CT molecular complexity index is 1960. The number of nitrogens with one attached hydrogen (secondary N) is 1. The number of ether oxygens (including phenoxy) is 3. The van der Waals surface area contributed by atoms with Crippen LogP contribution in [0.5, 0.6) is 23.1 Å². The van der Waals surface area contributed by atoms with E-state index in [-0.39, 0.29) is 51.9 Å². The van der Waals surface area contributed by atoms with Crippen LogP contribution in [0.1, 0.15) is 31.9 Å². The molecule has 0 saturated carbocycles. The highest BCUT2D eigenvalue weighted by molar-refractivity contribution is 7.92. The summed E-state index contributed by atoms with van der Waals surface area (Å²) in [5.41, 5.74) is 1.26. The quantitative estimate of drug-likeness (QED) is 0.205. The van der Waals surface area contributed by atoms with Crippen molar-refractivity contribution in [2.75, 3.05) is 18.4 Å². The van der Waals surface area contributed by atoms with Gasteiger partial charge >= 0.3 is 0 Å². The summed E-state index contributed by atoms with van der Waals surface area (Å²) in [5, 5.41) is -0.203. The van der Waals surface area contributed by atoms with Gasteiger partial charge in [0.2, 0.25) is 11.6 Å². The summed E-state index contributed by atoms with van der Waals surface area (Å²) >= 11 is 0. The summed E-state index contributed by atoms with van der Waals surface area (Å²) in [5.74, 6) is 6.27. The SMILES string of the molecule is COc1ccccc1Oc1c(NS(=O)(=O)c2cc(C(C)(C)C)ccn2)nc(-c2ncccn2)nc1OCC#Cc1ccccc1. The number of rotatable bonds is 9. The number of methoxy groups -OCH3 is 1. The van der Waals surface area contributed by atoms with Crippen LogP contribution in [0, 0.1) is 11.8 Å². The molecule has 45 heavy (non-hydrogen) atoms. The van der Waals surface area contributed by atoms with Crippen molar-refractivity contribution in [2.45, 2.75) is 31.2 Å². The van der Waals surface area contributed by atoms with E-state index in [0.29, 0.717) is 5.75 Å². The van der Waals surface area contributed by atoms with Crippen molar-refractivity contribution in [3.8, 4) is 46.6 Å². The van der Waals surface area contributed by atoms with Crippen LogP contribution in [0.15, 0.2) is 96.4 Å². The van der Waals surface area contributed by atoms with Crippen LogP contribution >= 0.6 is 0 Å². The lowest BCUT2D eigenvalue weighted by Gasteiger charge is -2.20. The van der Waals surface area contributed by atoms with Crippen molar-refractivity contribution in [1.82, 2.24) is 24.9 Å². The monoisotopic (exact) mass is 622 g/mol. The zero-order valence-electron chi connectivity index (χ0n) is 25.1. The van der Waals surface area contributed by atoms with Crippen LogP contribution < -0.4 is 18.9 Å². The minimum atomic E-state index is -4.29. The molecule has 0 bridgehead atoms. The summed E-state index contributed by atoms with van der Waals surface area (Å²) < 4.78 is 47.7. The van der Waals surface area contributed by atoms with Gasteiger partial charge in [-0.25, -0.2) is 19.9 Å². The third kappa shape index (κ3) is 7.70. The number of para-hydroxylation sites is 2. The molecular weight excluding hydrogens is 592 g/mol. The second-order valence-electron chi connectivity index (χ2n) is 10.6. The third-order valence-corrected chi connectivity index (χ3v) is 7.51. The summed E-state index contributed by atoms with van der Waals surface area (Å²) in [7, 11) is -2.80. The average Bonchev–Trinajstić information content (AvgIpc) is 3.05. The van der Waals surface area contributed by atoms with Gasteiger partial charge in [0.15, 0.2) is 34.8 Å². The largest absolute Gasteiger partial charge is 0.493 e. The highest BCUT2D eigenvalue weighted by atomic mass is 32.2. The Morgan fingerprint density at radius 3 is 2.24 bits per heavy atom. The fourth-order valence-corrected chi connectivity index (χ4v) is 4.96. The molecular formula is C33H30N6O5S. The summed E-state index contributed by atoms with van der Waals surface area (Å²) in [6, 6.07) is 21.2. The van der Waals surface area contributed by atoms with Crippen molar-refractivity contribution < 1.29 is 22.6 Å². The summed E-state index contributed by atoms with van der Waals surface area (Å²) in [6.45, 7) is 5.83. The molecule has 11 nitrogen and oxygen atoms in total. The molecule has 5 rings (SSSR count). The van der Waals surface area contributed by atoms with E-state index in [0.717, 1.165) is 11.1 Å². The molecule has 228 valence electrons. The molecule has 5 aromatic rings. The normalized spacial score (nSPS) is 11.2. The van der Waals surface area contributed by atoms with Gasteiger partial charge in [0.25, 0.3) is 15.9 Å². The van der Waals surface area contributed by atoms with Gasteiger partial charge in [-0.1, -0.05) is 62.9 Å². The Kier molecular flexibility index (Phi) is 9.20. The zero-order valence-corrected chi connectivity index (χ0v) is 25.9. The van der Waals surface area contributed by atoms with Crippen molar-refractivity contribution in [1.29, 1.82) is 0 Å². The Morgan fingerprint density at radius 2 is 1.53 bits per heavy atom. The fourth-order valence-electron chi connectivity index (χ4n) is 3.98. The van der Waals surface area contributed by atoms with Gasteiger partial charge in [-0.15, -0.1) is 0 Å². The van der Waals surface area contributed by atoms with Gasteiger partial charge in [-0.05, 0) is 53.4 Å². The lowest BCUT2D eigenvalue weighted by Crippen LogP contribution is -2.19. The predicted molar refractivity (Wildman–Crippen MR) is 169 cm³/mol. The Hall–Kier alpha value is -5.54. The Balaban J connectivity index is 1.63. The maximum atomic E-state index is 13.8. The molecule has 0 atom stereocenters. The summed E-state index contributed by atoms with van der Waals surface area (Å²) in [4.78, 5) is 21.6. The molecule has 0 spiro atoms. The molecule has 2 aromatic carbocycles. The van der Waals surface area contributed by atoms with E-state index >= 15 is 0 Å². The van der Waals surface area contributed by atoms with Gasteiger partial charge in [-0.3, -0.25) is 4.72 Å². The molecule has 0 aliphatic heterocycles. The van der Waals surface area contributed by atoms with Crippen LogP contribution in [0.4, 0.5) is 5.82 Å². The first-order valence-electron chi connectivity index (χ1n) is 13.8. The molecule has 0 amide bonds. The molecule has 0 radical (unpaired) electrons. The van der Waals surface area contributed by atoms with Gasteiger partial charge < -0.3 is 14.2 Å². The van der Waals surface area contributed by atoms with Crippen molar-refractivity contribution in [3.63, 3.8) is 0 Å². The van der Waals surface area contributed by atoms with Gasteiger partial charge in [0.1, 0.15) is 0 Å². The molecule has 3 heterocycles. The molecule has 0 unspecified atom stereocenters. The number of aromatic nitrogens is 5. The van der Waals surface area contributed by atoms with Crippen LogP contribution in [0.2, 0.25) is 0 Å². The number of pyridine rings is 1. The van der Waals surface area contributed by atoms with E-state index in [9.17, 15) is 8.42 Å². The maximum absolute atomic E-state index is 13.8. The van der Waals surface area contributed by atoms with Crippen molar-refractivity contribution in [3.05, 3.63) is 103 Å². The van der Waals surface area contributed by atoms with Crippen LogP contribution in [0.3, 0.4) is 0 Å². The van der Waals surface area contributed by atoms with Crippen molar-refractivity contribution >= 4 is 15.8 Å². The maximum Gasteiger partial charge on any atom is 0.280 e.